The molecular weight excluding hydrogens is 324 g/mol. The Hall–Kier alpha value is -2.93. The fraction of sp³-hybridized carbons (Fsp3) is 0.118. The van der Waals surface area contributed by atoms with Gasteiger partial charge in [0, 0.05) is 5.69 Å². The maximum atomic E-state index is 11.9. The molecule has 0 unspecified atom stereocenters. The van der Waals surface area contributed by atoms with Crippen LogP contribution in [0.5, 0.6) is 5.75 Å². The number of benzene rings is 2. The number of ether oxygens (including phenoxy) is 1. The van der Waals surface area contributed by atoms with E-state index >= 15 is 0 Å². The van der Waals surface area contributed by atoms with E-state index in [1.807, 2.05) is 31.2 Å². The zero-order valence-electron chi connectivity index (χ0n) is 13.2. The average Bonchev–Trinajstić information content (AvgIpc) is 2.54. The van der Waals surface area contributed by atoms with E-state index in [-0.39, 0.29) is 17.6 Å². The first-order valence-corrected chi connectivity index (χ1v) is 7.61. The molecule has 1 amide bonds. The monoisotopic (exact) mass is 342 g/mol. The van der Waals surface area contributed by atoms with E-state index in [4.69, 9.17) is 10.5 Å². The summed E-state index contributed by atoms with van der Waals surface area (Å²) in [5, 5.41) is 6.74. The van der Waals surface area contributed by atoms with Crippen LogP contribution < -0.4 is 21.2 Å². The SMILES string of the molecule is Cc1cccc(NC(=O)COc2ccc(/C=N/NC(N)=S)cc2)c1. The van der Waals surface area contributed by atoms with Crippen LogP contribution in [0, 0.1) is 6.92 Å². The van der Waals surface area contributed by atoms with Gasteiger partial charge in [-0.15, -0.1) is 0 Å². The number of hydrogen-bond acceptors (Lipinski definition) is 4. The van der Waals surface area contributed by atoms with Gasteiger partial charge in [-0.1, -0.05) is 12.1 Å². The average molecular weight is 342 g/mol. The molecule has 0 aromatic heterocycles. The van der Waals surface area contributed by atoms with E-state index < -0.39 is 0 Å². The van der Waals surface area contributed by atoms with E-state index in [9.17, 15) is 4.79 Å². The lowest BCUT2D eigenvalue weighted by atomic mass is 10.2. The number of amides is 1. The number of rotatable bonds is 6. The van der Waals surface area contributed by atoms with Crippen molar-refractivity contribution in [2.45, 2.75) is 6.92 Å². The van der Waals surface area contributed by atoms with Crippen molar-refractivity contribution in [1.29, 1.82) is 0 Å². The molecule has 0 radical (unpaired) electrons. The van der Waals surface area contributed by atoms with E-state index in [0.717, 1.165) is 16.8 Å². The summed E-state index contributed by atoms with van der Waals surface area (Å²) in [6.07, 6.45) is 1.58. The molecule has 7 heteroatoms. The third-order valence-corrected chi connectivity index (χ3v) is 3.03. The number of nitrogens with zero attached hydrogens (tertiary/aromatic N) is 1. The van der Waals surface area contributed by atoms with Crippen LogP contribution in [0.4, 0.5) is 5.69 Å². The van der Waals surface area contributed by atoms with Crippen LogP contribution in [-0.2, 0) is 4.79 Å². The largest absolute Gasteiger partial charge is 0.484 e. The summed E-state index contributed by atoms with van der Waals surface area (Å²) in [5.74, 6) is 0.376. The minimum Gasteiger partial charge on any atom is -0.484 e. The highest BCUT2D eigenvalue weighted by atomic mass is 32.1. The molecule has 2 rings (SSSR count). The molecule has 124 valence electrons. The number of carbonyl (C=O) groups is 1. The molecule has 2 aromatic rings. The van der Waals surface area contributed by atoms with Crippen molar-refractivity contribution in [2.75, 3.05) is 11.9 Å². The summed E-state index contributed by atoms with van der Waals surface area (Å²) in [6.45, 7) is 1.90. The predicted molar refractivity (Wildman–Crippen MR) is 99.3 cm³/mol. The lowest BCUT2D eigenvalue weighted by molar-refractivity contribution is -0.118. The molecule has 0 atom stereocenters. The lowest BCUT2D eigenvalue weighted by Gasteiger charge is -2.08. The smallest absolute Gasteiger partial charge is 0.262 e. The first kappa shape index (κ1) is 17.4. The number of nitrogens with one attached hydrogen (secondary N) is 2. The quantitative estimate of drug-likeness (QED) is 0.425. The minimum absolute atomic E-state index is 0.0651. The Morgan fingerprint density at radius 1 is 1.29 bits per heavy atom. The van der Waals surface area contributed by atoms with Gasteiger partial charge < -0.3 is 15.8 Å². The second-order valence-corrected chi connectivity index (χ2v) is 5.45. The van der Waals surface area contributed by atoms with Crippen LogP contribution in [0.25, 0.3) is 0 Å². The number of aryl methyl sites for hydroxylation is 1. The van der Waals surface area contributed by atoms with Crippen LogP contribution in [0.15, 0.2) is 53.6 Å². The Morgan fingerprint density at radius 2 is 2.04 bits per heavy atom. The van der Waals surface area contributed by atoms with Crippen LogP contribution in [-0.4, -0.2) is 23.8 Å². The van der Waals surface area contributed by atoms with Crippen molar-refractivity contribution < 1.29 is 9.53 Å². The Labute approximate surface area is 145 Å². The number of carbonyl (C=O) groups excluding carboxylic acids is 1. The fourth-order valence-electron chi connectivity index (χ4n) is 1.89. The lowest BCUT2D eigenvalue weighted by Crippen LogP contribution is -2.23. The summed E-state index contributed by atoms with van der Waals surface area (Å²) >= 11 is 4.64. The Kier molecular flexibility index (Phi) is 6.27. The second-order valence-electron chi connectivity index (χ2n) is 5.01. The number of anilines is 1. The number of hydrazone groups is 1. The van der Waals surface area contributed by atoms with Gasteiger partial charge in [-0.2, -0.15) is 5.10 Å². The molecule has 0 bridgehead atoms. The molecular formula is C17H18N4O2S. The first-order valence-electron chi connectivity index (χ1n) is 7.21. The molecule has 0 saturated heterocycles. The Morgan fingerprint density at radius 3 is 2.71 bits per heavy atom. The van der Waals surface area contributed by atoms with Gasteiger partial charge in [0.05, 0.1) is 6.21 Å². The molecule has 0 heterocycles. The topological polar surface area (TPSA) is 88.7 Å². The molecule has 0 spiro atoms. The standard InChI is InChI=1S/C17H18N4O2S/c1-12-3-2-4-14(9-12)20-16(22)11-23-15-7-5-13(6-8-15)10-19-21-17(18)24/h2-10H,11H2,1H3,(H,20,22)(H3,18,21,24)/b19-10+. The van der Waals surface area contributed by atoms with Gasteiger partial charge >= 0.3 is 0 Å². The first-order chi connectivity index (χ1) is 11.5. The van der Waals surface area contributed by atoms with Crippen LogP contribution in [0.3, 0.4) is 0 Å². The Bertz CT molecular complexity index is 745. The molecule has 0 fully saturated rings. The maximum Gasteiger partial charge on any atom is 0.262 e. The highest BCUT2D eigenvalue weighted by Crippen LogP contribution is 2.12. The van der Waals surface area contributed by atoms with Gasteiger partial charge in [-0.05, 0) is 66.7 Å². The van der Waals surface area contributed by atoms with Crippen LogP contribution >= 0.6 is 12.2 Å². The van der Waals surface area contributed by atoms with Gasteiger partial charge in [-0.25, -0.2) is 0 Å². The molecule has 0 aliphatic rings. The summed E-state index contributed by atoms with van der Waals surface area (Å²) in [4.78, 5) is 11.9. The van der Waals surface area contributed by atoms with Crippen molar-refractivity contribution >= 4 is 35.1 Å². The van der Waals surface area contributed by atoms with E-state index in [0.29, 0.717) is 5.75 Å². The van der Waals surface area contributed by atoms with Crippen molar-refractivity contribution in [2.24, 2.45) is 10.8 Å². The third-order valence-electron chi connectivity index (χ3n) is 2.94. The van der Waals surface area contributed by atoms with Gasteiger partial charge in [0.1, 0.15) is 5.75 Å². The highest BCUT2D eigenvalue weighted by Gasteiger charge is 2.04. The summed E-state index contributed by atoms with van der Waals surface area (Å²) in [7, 11) is 0. The van der Waals surface area contributed by atoms with Crippen LogP contribution in [0.1, 0.15) is 11.1 Å². The van der Waals surface area contributed by atoms with Crippen molar-refractivity contribution in [3.63, 3.8) is 0 Å². The van der Waals surface area contributed by atoms with Gasteiger partial charge in [0.25, 0.3) is 5.91 Å². The number of hydrogen-bond donors (Lipinski definition) is 3. The zero-order valence-corrected chi connectivity index (χ0v) is 14.0. The minimum atomic E-state index is -0.216. The van der Waals surface area contributed by atoms with E-state index in [1.165, 1.54) is 0 Å². The summed E-state index contributed by atoms with van der Waals surface area (Å²) in [5.41, 5.74) is 10.4. The van der Waals surface area contributed by atoms with E-state index in [1.54, 1.807) is 30.5 Å². The second kappa shape index (κ2) is 8.64. The van der Waals surface area contributed by atoms with Crippen molar-refractivity contribution in [1.82, 2.24) is 5.43 Å². The number of thiocarbonyl (C=S) groups is 1. The third kappa shape index (κ3) is 6.05. The van der Waals surface area contributed by atoms with Gasteiger partial charge in [-0.3, -0.25) is 10.2 Å². The summed E-state index contributed by atoms with van der Waals surface area (Å²) < 4.78 is 5.45. The van der Waals surface area contributed by atoms with Crippen LogP contribution in [0.2, 0.25) is 0 Å². The Balaban J connectivity index is 1.82. The molecule has 2 aromatic carbocycles. The molecule has 24 heavy (non-hydrogen) atoms. The fourth-order valence-corrected chi connectivity index (χ4v) is 1.94. The summed E-state index contributed by atoms with van der Waals surface area (Å²) in [6, 6.07) is 14.7. The highest BCUT2D eigenvalue weighted by molar-refractivity contribution is 7.80. The maximum absolute atomic E-state index is 11.9. The van der Waals surface area contributed by atoms with Gasteiger partial charge in [0.2, 0.25) is 0 Å². The molecule has 0 aliphatic heterocycles. The molecule has 0 aliphatic carbocycles. The van der Waals surface area contributed by atoms with Crippen molar-refractivity contribution in [3.8, 4) is 5.75 Å². The number of nitrogens with two attached hydrogens (primary N) is 1. The predicted octanol–water partition coefficient (Wildman–Crippen LogP) is 2.18. The van der Waals surface area contributed by atoms with E-state index in [2.05, 4.69) is 28.1 Å². The molecule has 6 nitrogen and oxygen atoms in total. The van der Waals surface area contributed by atoms with Crippen molar-refractivity contribution in [3.05, 3.63) is 59.7 Å². The zero-order chi connectivity index (χ0) is 17.4. The molecule has 4 N–H and O–H groups in total. The van der Waals surface area contributed by atoms with Gasteiger partial charge in [0.15, 0.2) is 11.7 Å². The normalized spacial score (nSPS) is 10.4. The molecule has 0 saturated carbocycles.